The molecule has 0 saturated heterocycles. The summed E-state index contributed by atoms with van der Waals surface area (Å²) in [4.78, 5) is 14.5. The Balaban J connectivity index is 2.06. The van der Waals surface area contributed by atoms with Gasteiger partial charge in [0.1, 0.15) is 18.0 Å². The minimum atomic E-state index is -0.629. The van der Waals surface area contributed by atoms with Gasteiger partial charge in [-0.05, 0) is 42.3 Å². The summed E-state index contributed by atoms with van der Waals surface area (Å²) in [7, 11) is 0. The van der Waals surface area contributed by atoms with Crippen LogP contribution in [0.3, 0.4) is 0 Å². The molecule has 3 aromatic carbocycles. The fourth-order valence-electron chi connectivity index (χ4n) is 3.08. The summed E-state index contributed by atoms with van der Waals surface area (Å²) in [6.45, 7) is 6.19. The lowest BCUT2D eigenvalue weighted by Gasteiger charge is -2.28. The van der Waals surface area contributed by atoms with E-state index in [9.17, 15) is 4.79 Å². The smallest absolute Gasteiger partial charge is 0.415 e. The Kier molecular flexibility index (Phi) is 7.63. The predicted molar refractivity (Wildman–Crippen MR) is 131 cm³/mol. The van der Waals surface area contributed by atoms with Gasteiger partial charge in [0.15, 0.2) is 0 Å². The highest BCUT2D eigenvalue weighted by Gasteiger charge is 2.26. The molecule has 0 aliphatic carbocycles. The number of carbonyl (C=O) groups excluding carboxylic acids is 1. The maximum atomic E-state index is 13.0. The topological polar surface area (TPSA) is 38.8 Å². The lowest BCUT2D eigenvalue weighted by Crippen LogP contribution is -2.37. The largest absolute Gasteiger partial charge is 0.488 e. The third-order valence-corrected chi connectivity index (χ3v) is 5.45. The second-order valence-corrected chi connectivity index (χ2v) is 9.03. The van der Waals surface area contributed by atoms with Crippen LogP contribution in [0.1, 0.15) is 26.3 Å². The molecule has 0 fully saturated rings. The average molecular weight is 503 g/mol. The SMILES string of the molecule is CC(C)(C)OC(=O)N(C/C=C/Cl)c1cc(OCc2ccccc2)c2ccccc2c1Br. The molecule has 0 aliphatic rings. The van der Waals surface area contributed by atoms with Gasteiger partial charge in [0, 0.05) is 33.4 Å². The molecular formula is C25H25BrClNO3. The molecular weight excluding hydrogens is 478 g/mol. The van der Waals surface area contributed by atoms with Crippen molar-refractivity contribution in [3.05, 3.63) is 82.3 Å². The fraction of sp³-hybridized carbons (Fsp3) is 0.240. The number of fused-ring (bicyclic) bond motifs is 1. The van der Waals surface area contributed by atoms with Crippen molar-refractivity contribution < 1.29 is 14.3 Å². The lowest BCUT2D eigenvalue weighted by molar-refractivity contribution is 0.0584. The monoisotopic (exact) mass is 501 g/mol. The summed E-state index contributed by atoms with van der Waals surface area (Å²) in [5.74, 6) is 0.682. The van der Waals surface area contributed by atoms with Crippen molar-refractivity contribution in [2.45, 2.75) is 33.0 Å². The van der Waals surface area contributed by atoms with Gasteiger partial charge in [0.05, 0.1) is 5.69 Å². The number of anilines is 1. The minimum absolute atomic E-state index is 0.257. The highest BCUT2D eigenvalue weighted by atomic mass is 79.9. The van der Waals surface area contributed by atoms with Crippen LogP contribution in [0.15, 0.2) is 76.7 Å². The van der Waals surface area contributed by atoms with Crippen molar-refractivity contribution >= 4 is 50.1 Å². The van der Waals surface area contributed by atoms with Gasteiger partial charge in [-0.3, -0.25) is 4.90 Å². The van der Waals surface area contributed by atoms with Crippen LogP contribution in [0.25, 0.3) is 10.8 Å². The van der Waals surface area contributed by atoms with Crippen molar-refractivity contribution in [3.8, 4) is 5.75 Å². The Morgan fingerprint density at radius 2 is 1.71 bits per heavy atom. The van der Waals surface area contributed by atoms with E-state index in [0.717, 1.165) is 20.8 Å². The summed E-state index contributed by atoms with van der Waals surface area (Å²) in [6, 6.07) is 19.7. The first-order valence-electron chi connectivity index (χ1n) is 9.94. The number of hydrogen-bond acceptors (Lipinski definition) is 3. The molecule has 0 saturated carbocycles. The van der Waals surface area contributed by atoms with Gasteiger partial charge in [0.2, 0.25) is 0 Å². The van der Waals surface area contributed by atoms with Gasteiger partial charge in [-0.2, -0.15) is 0 Å². The maximum Gasteiger partial charge on any atom is 0.415 e. The van der Waals surface area contributed by atoms with Crippen molar-refractivity contribution in [1.29, 1.82) is 0 Å². The fourth-order valence-corrected chi connectivity index (χ4v) is 3.83. The number of hydrogen-bond donors (Lipinski definition) is 0. The van der Waals surface area contributed by atoms with Crippen LogP contribution in [-0.4, -0.2) is 18.2 Å². The molecule has 0 aliphatic heterocycles. The number of carbonyl (C=O) groups is 1. The summed E-state index contributed by atoms with van der Waals surface area (Å²) in [6.07, 6.45) is 1.23. The van der Waals surface area contributed by atoms with Gasteiger partial charge in [0.25, 0.3) is 0 Å². The van der Waals surface area contributed by atoms with Gasteiger partial charge >= 0.3 is 6.09 Å². The van der Waals surface area contributed by atoms with Crippen LogP contribution >= 0.6 is 27.5 Å². The van der Waals surface area contributed by atoms with E-state index in [1.807, 2.05) is 81.4 Å². The van der Waals surface area contributed by atoms with E-state index in [2.05, 4.69) is 15.9 Å². The van der Waals surface area contributed by atoms with E-state index in [0.29, 0.717) is 18.0 Å². The number of ether oxygens (including phenoxy) is 2. The molecule has 0 unspecified atom stereocenters. The molecule has 0 N–H and O–H groups in total. The number of nitrogens with zero attached hydrogens (tertiary/aromatic N) is 1. The zero-order valence-electron chi connectivity index (χ0n) is 17.8. The average Bonchev–Trinajstić information content (AvgIpc) is 2.74. The van der Waals surface area contributed by atoms with E-state index in [1.54, 1.807) is 6.08 Å². The molecule has 0 bridgehead atoms. The van der Waals surface area contributed by atoms with Crippen LogP contribution < -0.4 is 9.64 Å². The van der Waals surface area contributed by atoms with Crippen LogP contribution in [0, 0.1) is 0 Å². The van der Waals surface area contributed by atoms with E-state index < -0.39 is 11.7 Å². The van der Waals surface area contributed by atoms with E-state index >= 15 is 0 Å². The molecule has 3 rings (SSSR count). The highest BCUT2D eigenvalue weighted by Crippen LogP contribution is 2.40. The molecule has 6 heteroatoms. The highest BCUT2D eigenvalue weighted by molar-refractivity contribution is 9.10. The third kappa shape index (κ3) is 6.02. The first-order chi connectivity index (χ1) is 14.8. The van der Waals surface area contributed by atoms with Crippen molar-refractivity contribution in [2.24, 2.45) is 0 Å². The van der Waals surface area contributed by atoms with Crippen LogP contribution in [0.4, 0.5) is 10.5 Å². The van der Waals surface area contributed by atoms with Crippen molar-refractivity contribution in [3.63, 3.8) is 0 Å². The first kappa shape index (κ1) is 23.2. The maximum absolute atomic E-state index is 13.0. The van der Waals surface area contributed by atoms with Gasteiger partial charge in [-0.15, -0.1) is 0 Å². The molecule has 0 aromatic heterocycles. The number of halogens is 2. The van der Waals surface area contributed by atoms with E-state index in [4.69, 9.17) is 21.1 Å². The summed E-state index contributed by atoms with van der Waals surface area (Å²) in [5.41, 5.74) is 2.46. The third-order valence-electron chi connectivity index (χ3n) is 4.44. The second kappa shape index (κ2) is 10.2. The number of benzene rings is 3. The molecule has 31 heavy (non-hydrogen) atoms. The molecule has 0 atom stereocenters. The predicted octanol–water partition coefficient (Wildman–Crippen LogP) is 7.68. The van der Waals surface area contributed by atoms with Crippen molar-refractivity contribution in [2.75, 3.05) is 11.4 Å². The Bertz CT molecular complexity index is 1080. The number of rotatable bonds is 6. The molecule has 4 nitrogen and oxygen atoms in total. The molecule has 0 heterocycles. The summed E-state index contributed by atoms with van der Waals surface area (Å²) in [5, 5.41) is 1.89. The van der Waals surface area contributed by atoms with Crippen LogP contribution in [0.2, 0.25) is 0 Å². The van der Waals surface area contributed by atoms with Crippen LogP contribution in [0.5, 0.6) is 5.75 Å². The molecule has 162 valence electrons. The van der Waals surface area contributed by atoms with E-state index in [1.165, 1.54) is 10.4 Å². The summed E-state index contributed by atoms with van der Waals surface area (Å²) < 4.78 is 12.6. The minimum Gasteiger partial charge on any atom is -0.488 e. The number of amides is 1. The zero-order chi connectivity index (χ0) is 22.4. The Morgan fingerprint density at radius 3 is 2.35 bits per heavy atom. The van der Waals surface area contributed by atoms with Crippen LogP contribution in [-0.2, 0) is 11.3 Å². The summed E-state index contributed by atoms with van der Waals surface area (Å²) >= 11 is 9.45. The van der Waals surface area contributed by atoms with Gasteiger partial charge in [-0.25, -0.2) is 4.79 Å². The Labute approximate surface area is 196 Å². The molecule has 0 spiro atoms. The normalized spacial score (nSPS) is 11.6. The molecule has 0 radical (unpaired) electrons. The van der Waals surface area contributed by atoms with Crippen molar-refractivity contribution in [1.82, 2.24) is 0 Å². The quantitative estimate of drug-likeness (QED) is 0.347. The van der Waals surface area contributed by atoms with E-state index in [-0.39, 0.29) is 6.54 Å². The Hall–Kier alpha value is -2.50. The van der Waals surface area contributed by atoms with Gasteiger partial charge in [-0.1, -0.05) is 72.3 Å². The molecule has 1 amide bonds. The Morgan fingerprint density at radius 1 is 1.06 bits per heavy atom. The first-order valence-corrected chi connectivity index (χ1v) is 11.2. The molecule has 3 aromatic rings. The second-order valence-electron chi connectivity index (χ2n) is 7.98. The van der Waals surface area contributed by atoms with Gasteiger partial charge < -0.3 is 9.47 Å². The zero-order valence-corrected chi connectivity index (χ0v) is 20.1. The standard InChI is InChI=1S/C25H25BrClNO3/c1-25(2,3)31-24(29)28(15-9-14-27)21-16-22(30-17-18-10-5-4-6-11-18)19-12-7-8-13-20(19)23(21)26/h4-14,16H,15,17H2,1-3H3/b14-9+. The lowest BCUT2D eigenvalue weighted by atomic mass is 10.1.